The Kier molecular flexibility index (Phi) is 10.5. The molecule has 0 saturated heterocycles. The van der Waals surface area contributed by atoms with Gasteiger partial charge in [0.15, 0.2) is 11.2 Å². The van der Waals surface area contributed by atoms with Gasteiger partial charge in [-0.05, 0) is 98.0 Å². The first kappa shape index (κ1) is 33.8. The van der Waals surface area contributed by atoms with Gasteiger partial charge in [0.1, 0.15) is 22.2 Å². The van der Waals surface area contributed by atoms with Crippen molar-refractivity contribution in [1.29, 1.82) is 0 Å². The van der Waals surface area contributed by atoms with Gasteiger partial charge < -0.3 is 32.6 Å². The van der Waals surface area contributed by atoms with Crippen LogP contribution < -0.4 is 21.6 Å². The van der Waals surface area contributed by atoms with Crippen LogP contribution in [0.4, 0.5) is 21.6 Å². The van der Waals surface area contributed by atoms with E-state index in [2.05, 4.69) is 20.6 Å². The molecule has 4 rings (SSSR count). The summed E-state index contributed by atoms with van der Waals surface area (Å²) >= 11 is 0. The molecule has 15 heteroatoms. The van der Waals surface area contributed by atoms with Gasteiger partial charge in [0.2, 0.25) is 0 Å². The predicted octanol–water partition coefficient (Wildman–Crippen LogP) is 4.62. The van der Waals surface area contributed by atoms with E-state index in [1.165, 1.54) is 0 Å². The second-order valence-electron chi connectivity index (χ2n) is 12.6. The van der Waals surface area contributed by atoms with Crippen molar-refractivity contribution in [2.75, 3.05) is 10.6 Å². The molecule has 13 nitrogen and oxygen atoms in total. The molecule has 0 aliphatic rings. The monoisotopic (exact) mass is 622 g/mol. The molecule has 0 bridgehead atoms. The molecular weight excluding hydrogens is 582 g/mol. The molecule has 0 aliphatic carbocycles. The minimum Gasteiger partial charge on any atom is -0.449 e. The summed E-state index contributed by atoms with van der Waals surface area (Å²) in [4.78, 5) is 33.4. The minimum absolute atomic E-state index is 0.00286. The largest absolute Gasteiger partial charge is 0.494 e. The number of fused-ring (bicyclic) bond motifs is 2. The zero-order valence-electron chi connectivity index (χ0n) is 26.9. The molecule has 0 spiro atoms. The fraction of sp³-hybridized carbons (Fsp3) is 0.467. The van der Waals surface area contributed by atoms with E-state index in [1.54, 1.807) is 51.1 Å². The van der Waals surface area contributed by atoms with Crippen molar-refractivity contribution in [3.63, 3.8) is 0 Å². The van der Waals surface area contributed by atoms with Crippen molar-refractivity contribution in [2.24, 2.45) is 0 Å². The fourth-order valence-electron chi connectivity index (χ4n) is 4.34. The van der Waals surface area contributed by atoms with Crippen molar-refractivity contribution in [3.05, 3.63) is 36.4 Å². The minimum atomic E-state index is -0.830. The van der Waals surface area contributed by atoms with Crippen LogP contribution in [0.25, 0.3) is 22.2 Å². The third-order valence-electron chi connectivity index (χ3n) is 6.41. The Labute approximate surface area is 262 Å². The Bertz CT molecular complexity index is 1630. The number of nitrogens with zero attached hydrogens (tertiary/aromatic N) is 2. The maximum Gasteiger partial charge on any atom is 0.494 e. The summed E-state index contributed by atoms with van der Waals surface area (Å²) in [5, 5.41) is 14.4. The normalized spacial score (nSPS) is 12.8. The molecule has 3 N–H and O–H groups in total. The molecule has 2 aromatic carbocycles. The topological polar surface area (TPSA) is 167 Å². The first-order chi connectivity index (χ1) is 21.1. The Hall–Kier alpha value is -4.07. The second kappa shape index (κ2) is 13.9. The van der Waals surface area contributed by atoms with E-state index < -0.39 is 30.5 Å². The first-order valence-corrected chi connectivity index (χ1v) is 14.8. The van der Waals surface area contributed by atoms with E-state index in [4.69, 9.17) is 27.6 Å². The summed E-state index contributed by atoms with van der Waals surface area (Å²) in [6.07, 6.45) is -0.725. The highest BCUT2D eigenvalue weighted by molar-refractivity contribution is 6.61. The molecule has 240 valence electrons. The molecule has 1 unspecified atom stereocenters. The van der Waals surface area contributed by atoms with E-state index in [1.807, 2.05) is 40.7 Å². The van der Waals surface area contributed by atoms with Crippen LogP contribution in [0, 0.1) is 0 Å². The lowest BCUT2D eigenvalue weighted by atomic mass is 9.77. The highest BCUT2D eigenvalue weighted by Crippen LogP contribution is 2.23. The van der Waals surface area contributed by atoms with Crippen LogP contribution in [-0.2, 0) is 18.8 Å². The maximum atomic E-state index is 12.6. The number of oxazole rings is 2. The zero-order chi connectivity index (χ0) is 32.9. The van der Waals surface area contributed by atoms with Crippen LogP contribution in [0.2, 0.25) is 0 Å². The fourth-order valence-corrected chi connectivity index (χ4v) is 4.34. The summed E-state index contributed by atoms with van der Waals surface area (Å²) in [5.74, 6) is 0. The highest BCUT2D eigenvalue weighted by atomic mass is 16.6. The third-order valence-corrected chi connectivity index (χ3v) is 6.41. The highest BCUT2D eigenvalue weighted by Gasteiger charge is 2.29. The van der Waals surface area contributed by atoms with Crippen molar-refractivity contribution >= 4 is 71.9 Å². The quantitative estimate of drug-likeness (QED) is 0.189. The summed E-state index contributed by atoms with van der Waals surface area (Å²) in [7, 11) is -0.831. The van der Waals surface area contributed by atoms with E-state index in [9.17, 15) is 14.6 Å². The number of hydrogen-bond donors (Lipinski definition) is 3. The maximum absolute atomic E-state index is 12.6. The number of hydrogen-bond acceptors (Lipinski definition) is 11. The summed E-state index contributed by atoms with van der Waals surface area (Å²) < 4.78 is 34.5. The number of carbonyl (C=O) groups is 2. The third kappa shape index (κ3) is 9.96. The standard InChI is InChI=1S/C30H40B2N4O9/c1-17(2)44-32(20-10-12-24-22(16-20)34-26(41-24)35-27(37)42-29(4,5)6)45-18(3)13-14-30(7,8)43-28(38)36-25-33-21-15-19(31-39)9-11-23(21)40-25/h9-12,15-18,31,39H,13-14H2,1-8H3,(H,33,36,38)(H,34,35,37). The molecule has 2 aromatic heterocycles. The van der Waals surface area contributed by atoms with Gasteiger partial charge in [-0.15, -0.1) is 0 Å². The molecule has 2 heterocycles. The summed E-state index contributed by atoms with van der Waals surface area (Å²) in [6.45, 7) is 14.7. The van der Waals surface area contributed by atoms with Crippen molar-refractivity contribution < 1.29 is 42.2 Å². The summed E-state index contributed by atoms with van der Waals surface area (Å²) in [6, 6.07) is 10.4. The van der Waals surface area contributed by atoms with Crippen LogP contribution in [0.1, 0.15) is 68.2 Å². The van der Waals surface area contributed by atoms with Crippen LogP contribution in [0.15, 0.2) is 45.2 Å². The molecular formula is C30H40B2N4O9. The molecule has 0 fully saturated rings. The Morgan fingerprint density at radius 1 is 0.889 bits per heavy atom. The summed E-state index contributed by atoms with van der Waals surface area (Å²) in [5.41, 5.74) is 1.90. The van der Waals surface area contributed by atoms with Crippen molar-refractivity contribution in [3.8, 4) is 0 Å². The van der Waals surface area contributed by atoms with Crippen LogP contribution >= 0.6 is 0 Å². The number of nitrogens with one attached hydrogen (secondary N) is 2. The number of ether oxygens (including phenoxy) is 2. The number of amides is 2. The molecule has 45 heavy (non-hydrogen) atoms. The lowest BCUT2D eigenvalue weighted by Gasteiger charge is -2.27. The van der Waals surface area contributed by atoms with Gasteiger partial charge >= 0.3 is 38.8 Å². The second-order valence-corrected chi connectivity index (χ2v) is 12.6. The Morgan fingerprint density at radius 3 is 2.04 bits per heavy atom. The molecule has 0 saturated carbocycles. The van der Waals surface area contributed by atoms with E-state index in [0.717, 1.165) is 5.46 Å². The smallest absolute Gasteiger partial charge is 0.449 e. The van der Waals surface area contributed by atoms with Crippen molar-refractivity contribution in [1.82, 2.24) is 9.97 Å². The van der Waals surface area contributed by atoms with Gasteiger partial charge in [-0.25, -0.2) is 20.2 Å². The lowest BCUT2D eigenvalue weighted by Crippen LogP contribution is -2.41. The van der Waals surface area contributed by atoms with Crippen molar-refractivity contribution in [2.45, 2.75) is 91.6 Å². The van der Waals surface area contributed by atoms with Crippen LogP contribution in [0.5, 0.6) is 0 Å². The van der Waals surface area contributed by atoms with E-state index in [0.29, 0.717) is 40.5 Å². The number of rotatable bonds is 12. The van der Waals surface area contributed by atoms with E-state index >= 15 is 0 Å². The molecule has 1 atom stereocenters. The van der Waals surface area contributed by atoms with Gasteiger partial charge in [-0.1, -0.05) is 17.6 Å². The van der Waals surface area contributed by atoms with E-state index in [-0.39, 0.29) is 31.7 Å². The molecule has 4 aromatic rings. The Morgan fingerprint density at radius 2 is 1.47 bits per heavy atom. The van der Waals surface area contributed by atoms with Gasteiger partial charge in [0.05, 0.1) is 0 Å². The number of aromatic nitrogens is 2. The number of carbonyl (C=O) groups excluding carboxylic acids is 2. The number of benzene rings is 2. The number of anilines is 2. The first-order valence-electron chi connectivity index (χ1n) is 14.8. The average molecular weight is 622 g/mol. The van der Waals surface area contributed by atoms with Gasteiger partial charge in [0, 0.05) is 12.2 Å². The SMILES string of the molecule is CC(C)OB(OC(C)CCC(C)(C)OC(=O)Nc1nc2cc(BO)ccc2o1)c1ccc2oc(NC(=O)OC(C)(C)C)nc2c1. The average Bonchev–Trinajstić information content (AvgIpc) is 3.51. The molecule has 0 aliphatic heterocycles. The Balaban J connectivity index is 1.34. The zero-order valence-corrected chi connectivity index (χ0v) is 26.9. The van der Waals surface area contributed by atoms with Crippen LogP contribution in [-0.4, -0.2) is 65.2 Å². The van der Waals surface area contributed by atoms with Gasteiger partial charge in [-0.3, -0.25) is 0 Å². The lowest BCUT2D eigenvalue weighted by molar-refractivity contribution is 0.0291. The van der Waals surface area contributed by atoms with Gasteiger partial charge in [-0.2, -0.15) is 9.97 Å². The van der Waals surface area contributed by atoms with Gasteiger partial charge in [0.25, 0.3) is 0 Å². The van der Waals surface area contributed by atoms with Crippen LogP contribution in [0.3, 0.4) is 0 Å². The molecule has 2 amide bonds. The molecule has 0 radical (unpaired) electrons. The predicted molar refractivity (Wildman–Crippen MR) is 172 cm³/mol.